The van der Waals surface area contributed by atoms with Gasteiger partial charge in [0.05, 0.1) is 0 Å². The van der Waals surface area contributed by atoms with Crippen LogP contribution in [0.15, 0.2) is 0 Å². The Morgan fingerprint density at radius 2 is 0.571 bits per heavy atom. The van der Waals surface area contributed by atoms with Crippen molar-refractivity contribution < 1.29 is 36.3 Å². The zero-order valence-electron chi connectivity index (χ0n) is 11.6. The van der Waals surface area contributed by atoms with E-state index in [1.165, 1.54) is 0 Å². The monoisotopic (exact) mass is 248 g/mol. The summed E-state index contributed by atoms with van der Waals surface area (Å²) in [5, 5.41) is 53.8. The Morgan fingerprint density at radius 3 is 0.643 bits per heavy atom. The van der Waals surface area contributed by atoms with Crippen molar-refractivity contribution >= 4 is 60.8 Å². The molecule has 1 rings (SSSR count). The summed E-state index contributed by atoms with van der Waals surface area (Å²) in [6, 6.07) is 0. The smallest absolute Gasteiger partial charge is 1.00 e. The van der Waals surface area contributed by atoms with Crippen LogP contribution >= 0.6 is 0 Å². The number of hydrogen-bond donors (Lipinski definition) is 6. The Balaban J connectivity index is -0.0000000600. The first-order valence-corrected chi connectivity index (χ1v) is 3.55. The second-order valence-corrected chi connectivity index (χ2v) is 2.94. The second kappa shape index (κ2) is 7.18. The standard InChI is InChI=1S/C6H12O6.Ca.Mg.4H/c7-1-2(8)4(10)6(12)5(11)3(1)9;;;;;;/h1-12H;;;;;;/q;2*+2;4*-1. The molecule has 14 heavy (non-hydrogen) atoms. The van der Waals surface area contributed by atoms with Gasteiger partial charge in [0.15, 0.2) is 0 Å². The fourth-order valence-electron chi connectivity index (χ4n) is 1.21. The normalized spacial score (nSPS) is 47.6. The Labute approximate surface area is 133 Å². The van der Waals surface area contributed by atoms with Gasteiger partial charge in [-0.25, -0.2) is 0 Å². The third kappa shape index (κ3) is 3.39. The number of hydrogen-bond acceptors (Lipinski definition) is 6. The van der Waals surface area contributed by atoms with E-state index in [4.69, 9.17) is 30.6 Å². The molecule has 0 saturated heterocycles. The summed E-state index contributed by atoms with van der Waals surface area (Å²) < 4.78 is 0. The molecule has 1 fully saturated rings. The van der Waals surface area contributed by atoms with Gasteiger partial charge in [-0.1, -0.05) is 0 Å². The van der Waals surface area contributed by atoms with Gasteiger partial charge in [-0.15, -0.1) is 0 Å². The van der Waals surface area contributed by atoms with Crippen molar-refractivity contribution in [2.45, 2.75) is 36.6 Å². The van der Waals surface area contributed by atoms with Crippen LogP contribution in [0.2, 0.25) is 0 Å². The van der Waals surface area contributed by atoms with Gasteiger partial charge in [0.25, 0.3) is 0 Å². The molecule has 8 heteroatoms. The van der Waals surface area contributed by atoms with Gasteiger partial charge in [0, 0.05) is 0 Å². The number of rotatable bonds is 0. The molecule has 1 aliphatic carbocycles. The molecule has 0 aromatic carbocycles. The fraction of sp³-hybridized carbons (Fsp3) is 1.00. The third-order valence-electron chi connectivity index (χ3n) is 2.10. The van der Waals surface area contributed by atoms with Crippen molar-refractivity contribution in [1.29, 1.82) is 0 Å². The maximum atomic E-state index is 8.97. The number of aliphatic hydroxyl groups is 6. The van der Waals surface area contributed by atoms with Crippen LogP contribution in [0, 0.1) is 0 Å². The van der Waals surface area contributed by atoms with Crippen molar-refractivity contribution in [3.8, 4) is 0 Å². The van der Waals surface area contributed by atoms with E-state index >= 15 is 0 Å². The molecule has 0 heterocycles. The van der Waals surface area contributed by atoms with Gasteiger partial charge in [0.1, 0.15) is 36.6 Å². The maximum Gasteiger partial charge on any atom is 2.00 e. The summed E-state index contributed by atoms with van der Waals surface area (Å²) in [6.45, 7) is 0. The quantitative estimate of drug-likeness (QED) is 0.242. The van der Waals surface area contributed by atoms with Gasteiger partial charge in [0.2, 0.25) is 0 Å². The van der Waals surface area contributed by atoms with E-state index in [1.807, 2.05) is 0 Å². The minimum absolute atomic E-state index is 0. The summed E-state index contributed by atoms with van der Waals surface area (Å²) in [7, 11) is 0. The van der Waals surface area contributed by atoms with Gasteiger partial charge < -0.3 is 36.3 Å². The van der Waals surface area contributed by atoms with Crippen molar-refractivity contribution in [3.63, 3.8) is 0 Å². The summed E-state index contributed by atoms with van der Waals surface area (Å²) in [6.07, 6.45) is -9.84. The van der Waals surface area contributed by atoms with Crippen LogP contribution in [0.5, 0.6) is 0 Å². The van der Waals surface area contributed by atoms with Crippen LogP contribution in [0.25, 0.3) is 0 Å². The first kappa shape index (κ1) is 18.2. The Kier molecular flexibility index (Phi) is 9.31. The molecule has 80 valence electrons. The van der Waals surface area contributed by atoms with Crippen LogP contribution in [0.3, 0.4) is 0 Å². The summed E-state index contributed by atoms with van der Waals surface area (Å²) in [4.78, 5) is 0. The zero-order chi connectivity index (χ0) is 9.46. The SMILES string of the molecule is OC1C(O)C(O)C(O)C(O)C1O.[Ca+2].[H-].[H-].[H-].[H-].[Mg+2]. The molecule has 0 bridgehead atoms. The molecule has 0 aliphatic heterocycles. The third-order valence-corrected chi connectivity index (χ3v) is 2.10. The van der Waals surface area contributed by atoms with Gasteiger partial charge in [-0.05, 0) is 0 Å². The molecule has 0 radical (unpaired) electrons. The molecule has 1 aliphatic rings. The first-order valence-electron chi connectivity index (χ1n) is 3.55. The van der Waals surface area contributed by atoms with E-state index in [1.54, 1.807) is 0 Å². The number of aliphatic hydroxyl groups excluding tert-OH is 6. The van der Waals surface area contributed by atoms with Gasteiger partial charge in [-0.2, -0.15) is 0 Å². The van der Waals surface area contributed by atoms with Crippen molar-refractivity contribution in [2.75, 3.05) is 0 Å². The van der Waals surface area contributed by atoms with E-state index in [2.05, 4.69) is 0 Å². The molecule has 6 N–H and O–H groups in total. The largest absolute Gasteiger partial charge is 2.00 e. The van der Waals surface area contributed by atoms with E-state index in [0.29, 0.717) is 0 Å². The van der Waals surface area contributed by atoms with Gasteiger partial charge in [-0.3, -0.25) is 0 Å². The fourth-order valence-corrected chi connectivity index (χ4v) is 1.21. The van der Waals surface area contributed by atoms with Crippen LogP contribution in [-0.4, -0.2) is 128 Å². The first-order chi connectivity index (χ1) is 5.46. The average molecular weight is 249 g/mol. The molecule has 0 amide bonds. The predicted molar refractivity (Wildman–Crippen MR) is 52.0 cm³/mol. The molecule has 0 aromatic heterocycles. The molecule has 1 saturated carbocycles. The predicted octanol–water partition coefficient (Wildman–Crippen LogP) is -4.15. The Hall–Kier alpha value is 1.79. The summed E-state index contributed by atoms with van der Waals surface area (Å²) in [5.74, 6) is 0. The molecule has 6 nitrogen and oxygen atoms in total. The van der Waals surface area contributed by atoms with Crippen LogP contribution < -0.4 is 0 Å². The minimum Gasteiger partial charge on any atom is -1.00 e. The maximum absolute atomic E-state index is 8.97. The minimum atomic E-state index is -1.64. The molecule has 0 spiro atoms. The molecule has 0 unspecified atom stereocenters. The average Bonchev–Trinajstić information content (AvgIpc) is 2.08. The van der Waals surface area contributed by atoms with Crippen LogP contribution in [0.1, 0.15) is 5.71 Å². The van der Waals surface area contributed by atoms with E-state index in [-0.39, 0.29) is 66.5 Å². The zero-order valence-corrected chi connectivity index (χ0v) is 11.2. The van der Waals surface area contributed by atoms with Crippen molar-refractivity contribution in [1.82, 2.24) is 0 Å². The molecule has 0 atom stereocenters. The van der Waals surface area contributed by atoms with E-state index < -0.39 is 36.6 Å². The van der Waals surface area contributed by atoms with E-state index in [9.17, 15) is 0 Å². The van der Waals surface area contributed by atoms with Gasteiger partial charge >= 0.3 is 60.8 Å². The molecule has 0 aromatic rings. The Bertz CT molecular complexity index is 128. The molecular formula is C6H16CaMgO6. The summed E-state index contributed by atoms with van der Waals surface area (Å²) in [5.41, 5.74) is 0. The van der Waals surface area contributed by atoms with Crippen LogP contribution in [0.4, 0.5) is 0 Å². The van der Waals surface area contributed by atoms with E-state index in [0.717, 1.165) is 0 Å². The second-order valence-electron chi connectivity index (χ2n) is 2.94. The Morgan fingerprint density at radius 1 is 0.500 bits per heavy atom. The summed E-state index contributed by atoms with van der Waals surface area (Å²) >= 11 is 0. The topological polar surface area (TPSA) is 121 Å². The van der Waals surface area contributed by atoms with Crippen LogP contribution in [-0.2, 0) is 0 Å². The van der Waals surface area contributed by atoms with Crippen molar-refractivity contribution in [2.24, 2.45) is 0 Å². The molecular weight excluding hydrogens is 232 g/mol. The van der Waals surface area contributed by atoms with Crippen molar-refractivity contribution in [3.05, 3.63) is 0 Å².